The number of hydrogen-bond acceptors (Lipinski definition) is 4. The van der Waals surface area contributed by atoms with Crippen LogP contribution in [0.3, 0.4) is 0 Å². The number of phenols is 1. The minimum atomic E-state index is -1.06. The number of esters is 1. The number of hydrogen-bond donors (Lipinski definition) is 2. The molecule has 23 heavy (non-hydrogen) atoms. The third-order valence-corrected chi connectivity index (χ3v) is 3.34. The first kappa shape index (κ1) is 16.5. The average molecular weight is 314 g/mol. The molecule has 5 heteroatoms. The summed E-state index contributed by atoms with van der Waals surface area (Å²) in [5, 5.41) is 18.5. The van der Waals surface area contributed by atoms with E-state index < -0.39 is 11.9 Å². The highest BCUT2D eigenvalue weighted by atomic mass is 16.5. The maximum Gasteiger partial charge on any atom is 0.343 e. The minimum Gasteiger partial charge on any atom is -0.508 e. The third kappa shape index (κ3) is 3.88. The molecular formula is C18H18O5. The highest BCUT2D eigenvalue weighted by Gasteiger charge is 2.22. The van der Waals surface area contributed by atoms with Crippen molar-refractivity contribution in [1.29, 1.82) is 0 Å². The maximum absolute atomic E-state index is 12.2. The molecular weight excluding hydrogens is 296 g/mol. The molecule has 0 aliphatic heterocycles. The first-order valence-electron chi connectivity index (χ1n) is 7.07. The number of aromatic carboxylic acids is 1. The Kier molecular flexibility index (Phi) is 4.40. The van der Waals surface area contributed by atoms with E-state index in [-0.39, 0.29) is 22.3 Å². The molecule has 2 aromatic carbocycles. The number of carboxylic acid groups (broad SMARTS) is 1. The number of phenolic OH excluding ortho intramolecular Hbond substituents is 1. The number of aromatic hydroxyl groups is 1. The van der Waals surface area contributed by atoms with Gasteiger partial charge in [-0.05, 0) is 47.9 Å². The van der Waals surface area contributed by atoms with Gasteiger partial charge >= 0.3 is 11.9 Å². The van der Waals surface area contributed by atoms with Gasteiger partial charge in [-0.1, -0.05) is 20.8 Å². The van der Waals surface area contributed by atoms with E-state index in [1.807, 2.05) is 20.8 Å². The summed E-state index contributed by atoms with van der Waals surface area (Å²) >= 11 is 0. The molecule has 0 spiro atoms. The lowest BCUT2D eigenvalue weighted by atomic mass is 9.86. The predicted octanol–water partition coefficient (Wildman–Crippen LogP) is 3.61. The second-order valence-corrected chi connectivity index (χ2v) is 6.20. The minimum absolute atomic E-state index is 0.0977. The van der Waals surface area contributed by atoms with Gasteiger partial charge in [0.1, 0.15) is 11.5 Å². The molecule has 120 valence electrons. The molecule has 0 aliphatic rings. The van der Waals surface area contributed by atoms with Crippen molar-refractivity contribution in [1.82, 2.24) is 0 Å². The van der Waals surface area contributed by atoms with Gasteiger partial charge in [0.05, 0.1) is 11.1 Å². The Morgan fingerprint density at radius 1 is 0.957 bits per heavy atom. The fourth-order valence-electron chi connectivity index (χ4n) is 2.10. The molecule has 0 heterocycles. The van der Waals surface area contributed by atoms with Crippen LogP contribution in [0.5, 0.6) is 11.5 Å². The predicted molar refractivity (Wildman–Crippen MR) is 85.2 cm³/mol. The van der Waals surface area contributed by atoms with Crippen molar-refractivity contribution in [3.05, 3.63) is 59.2 Å². The van der Waals surface area contributed by atoms with Crippen LogP contribution in [0.15, 0.2) is 42.5 Å². The van der Waals surface area contributed by atoms with Crippen molar-refractivity contribution in [2.75, 3.05) is 0 Å². The zero-order valence-electron chi connectivity index (χ0n) is 13.2. The highest BCUT2D eigenvalue weighted by molar-refractivity contribution is 5.93. The van der Waals surface area contributed by atoms with Crippen LogP contribution in [-0.4, -0.2) is 22.2 Å². The summed E-state index contributed by atoms with van der Waals surface area (Å²) in [4.78, 5) is 23.0. The van der Waals surface area contributed by atoms with E-state index in [9.17, 15) is 14.7 Å². The average Bonchev–Trinajstić information content (AvgIpc) is 2.48. The quantitative estimate of drug-likeness (QED) is 0.668. The molecule has 0 saturated carbocycles. The standard InChI is InChI=1S/C18H18O5/c1-18(2,3)14-10-13(19)8-9-15(14)23-17(22)12-6-4-11(5-7-12)16(20)21/h4-10,19H,1-3H3,(H,20,21). The van der Waals surface area contributed by atoms with Gasteiger partial charge in [-0.25, -0.2) is 9.59 Å². The van der Waals surface area contributed by atoms with Crippen molar-refractivity contribution in [3.63, 3.8) is 0 Å². The molecule has 0 aliphatic carbocycles. The van der Waals surface area contributed by atoms with Gasteiger partial charge in [-0.3, -0.25) is 0 Å². The highest BCUT2D eigenvalue weighted by Crippen LogP contribution is 2.34. The molecule has 0 radical (unpaired) electrons. The monoisotopic (exact) mass is 314 g/mol. The second-order valence-electron chi connectivity index (χ2n) is 6.20. The van der Waals surface area contributed by atoms with E-state index in [0.717, 1.165) is 0 Å². The van der Waals surface area contributed by atoms with Gasteiger partial charge in [-0.15, -0.1) is 0 Å². The third-order valence-electron chi connectivity index (χ3n) is 3.34. The van der Waals surface area contributed by atoms with Gasteiger partial charge < -0.3 is 14.9 Å². The number of benzene rings is 2. The Hall–Kier alpha value is -2.82. The van der Waals surface area contributed by atoms with Gasteiger partial charge in [0.15, 0.2) is 0 Å². The molecule has 2 N–H and O–H groups in total. The lowest BCUT2D eigenvalue weighted by molar-refractivity contribution is 0.0691. The molecule has 0 saturated heterocycles. The molecule has 0 amide bonds. The van der Waals surface area contributed by atoms with Crippen LogP contribution in [0, 0.1) is 0 Å². The number of ether oxygens (including phenoxy) is 1. The van der Waals surface area contributed by atoms with E-state index in [0.29, 0.717) is 11.3 Å². The summed E-state index contributed by atoms with van der Waals surface area (Å²) in [7, 11) is 0. The maximum atomic E-state index is 12.2. The Bertz CT molecular complexity index is 739. The van der Waals surface area contributed by atoms with Crippen LogP contribution in [0.25, 0.3) is 0 Å². The van der Waals surface area contributed by atoms with Gasteiger partial charge in [-0.2, -0.15) is 0 Å². The summed E-state index contributed by atoms with van der Waals surface area (Å²) in [6, 6.07) is 10.1. The lowest BCUT2D eigenvalue weighted by Crippen LogP contribution is -2.16. The molecule has 0 unspecified atom stereocenters. The van der Waals surface area contributed by atoms with E-state index in [2.05, 4.69) is 0 Å². The van der Waals surface area contributed by atoms with Gasteiger partial charge in [0.2, 0.25) is 0 Å². The van der Waals surface area contributed by atoms with Crippen molar-refractivity contribution in [2.45, 2.75) is 26.2 Å². The van der Waals surface area contributed by atoms with E-state index >= 15 is 0 Å². The molecule has 0 aromatic heterocycles. The lowest BCUT2D eigenvalue weighted by Gasteiger charge is -2.22. The smallest absolute Gasteiger partial charge is 0.343 e. The summed E-state index contributed by atoms with van der Waals surface area (Å²) in [5.74, 6) is -1.18. The summed E-state index contributed by atoms with van der Waals surface area (Å²) in [5.41, 5.74) is 0.735. The number of carboxylic acids is 1. The van der Waals surface area contributed by atoms with Gasteiger partial charge in [0.25, 0.3) is 0 Å². The summed E-state index contributed by atoms with van der Waals surface area (Å²) in [6.07, 6.45) is 0. The topological polar surface area (TPSA) is 83.8 Å². The van der Waals surface area contributed by atoms with E-state index in [1.165, 1.54) is 30.3 Å². The Labute approximate surface area is 134 Å². The van der Waals surface area contributed by atoms with Crippen LogP contribution in [0.1, 0.15) is 47.1 Å². The Morgan fingerprint density at radius 2 is 1.52 bits per heavy atom. The van der Waals surface area contributed by atoms with E-state index in [4.69, 9.17) is 9.84 Å². The van der Waals surface area contributed by atoms with Crippen molar-refractivity contribution < 1.29 is 24.5 Å². The zero-order chi connectivity index (χ0) is 17.2. The number of carbonyl (C=O) groups excluding carboxylic acids is 1. The van der Waals surface area contributed by atoms with Crippen molar-refractivity contribution >= 4 is 11.9 Å². The fourth-order valence-corrected chi connectivity index (χ4v) is 2.10. The fraction of sp³-hybridized carbons (Fsp3) is 0.222. The summed E-state index contributed by atoms with van der Waals surface area (Å²) < 4.78 is 5.42. The molecule has 0 bridgehead atoms. The second kappa shape index (κ2) is 6.12. The van der Waals surface area contributed by atoms with E-state index in [1.54, 1.807) is 12.1 Å². The SMILES string of the molecule is CC(C)(C)c1cc(O)ccc1OC(=O)c1ccc(C(=O)O)cc1. The summed E-state index contributed by atoms with van der Waals surface area (Å²) in [6.45, 7) is 5.84. The van der Waals surface area contributed by atoms with Crippen LogP contribution >= 0.6 is 0 Å². The molecule has 0 atom stereocenters. The van der Waals surface area contributed by atoms with Gasteiger partial charge in [0, 0.05) is 5.56 Å². The zero-order valence-corrected chi connectivity index (χ0v) is 13.2. The molecule has 5 nitrogen and oxygen atoms in total. The first-order valence-corrected chi connectivity index (χ1v) is 7.07. The van der Waals surface area contributed by atoms with Crippen LogP contribution in [-0.2, 0) is 5.41 Å². The normalized spacial score (nSPS) is 11.1. The Morgan fingerprint density at radius 3 is 2.04 bits per heavy atom. The largest absolute Gasteiger partial charge is 0.508 e. The number of rotatable bonds is 3. The van der Waals surface area contributed by atoms with Crippen molar-refractivity contribution in [2.24, 2.45) is 0 Å². The molecule has 2 rings (SSSR count). The van der Waals surface area contributed by atoms with Crippen LogP contribution in [0.4, 0.5) is 0 Å². The van der Waals surface area contributed by atoms with Crippen LogP contribution < -0.4 is 4.74 Å². The first-order chi connectivity index (χ1) is 10.7. The molecule has 0 fully saturated rings. The van der Waals surface area contributed by atoms with Crippen molar-refractivity contribution in [3.8, 4) is 11.5 Å². The number of carbonyl (C=O) groups is 2. The molecule has 2 aromatic rings. The van der Waals surface area contributed by atoms with Crippen LogP contribution in [0.2, 0.25) is 0 Å². The Balaban J connectivity index is 2.28.